The zero-order valence-corrected chi connectivity index (χ0v) is 12.5. The minimum Gasteiger partial charge on any atom is -0.398 e. The van der Waals surface area contributed by atoms with Gasteiger partial charge in [0.05, 0.1) is 11.6 Å². The number of nitrogens with one attached hydrogen (secondary N) is 1. The fourth-order valence-electron chi connectivity index (χ4n) is 1.40. The van der Waals surface area contributed by atoms with E-state index < -0.39 is 15.9 Å². The van der Waals surface area contributed by atoms with Crippen molar-refractivity contribution in [1.82, 2.24) is 9.62 Å². The highest BCUT2D eigenvalue weighted by Gasteiger charge is 2.25. The molecule has 0 saturated carbocycles. The molecule has 0 unspecified atom stereocenters. The van der Waals surface area contributed by atoms with Crippen LogP contribution in [0, 0.1) is 6.92 Å². The predicted molar refractivity (Wildman–Crippen MR) is 74.5 cm³/mol. The lowest BCUT2D eigenvalue weighted by Crippen LogP contribution is -2.37. The highest BCUT2D eigenvalue weighted by Crippen LogP contribution is 2.28. The highest BCUT2D eigenvalue weighted by atomic mass is 35.5. The van der Waals surface area contributed by atoms with Crippen molar-refractivity contribution in [2.75, 3.05) is 26.4 Å². The highest BCUT2D eigenvalue weighted by molar-refractivity contribution is 7.89. The number of aryl methyl sites for hydroxylation is 1. The van der Waals surface area contributed by atoms with Crippen molar-refractivity contribution in [3.8, 4) is 0 Å². The fraction of sp³-hybridized carbons (Fsp3) is 0.364. The number of likely N-dealkylation sites (N-methyl/N-ethyl adjacent to an activating group) is 2. The Morgan fingerprint density at radius 3 is 2.58 bits per heavy atom. The molecule has 6 nitrogen and oxygen atoms in total. The fourth-order valence-corrected chi connectivity index (χ4v) is 3.12. The summed E-state index contributed by atoms with van der Waals surface area (Å²) in [6, 6.07) is 2.78. The van der Waals surface area contributed by atoms with Gasteiger partial charge in [0.2, 0.25) is 15.9 Å². The van der Waals surface area contributed by atoms with Crippen LogP contribution in [-0.4, -0.2) is 39.3 Å². The quantitative estimate of drug-likeness (QED) is 0.797. The van der Waals surface area contributed by atoms with Crippen LogP contribution in [0.5, 0.6) is 0 Å². The predicted octanol–water partition coefficient (Wildman–Crippen LogP) is 0.597. The monoisotopic (exact) mass is 305 g/mol. The van der Waals surface area contributed by atoms with E-state index in [1.165, 1.54) is 26.2 Å². The maximum atomic E-state index is 12.3. The van der Waals surface area contributed by atoms with Crippen LogP contribution in [0.2, 0.25) is 5.02 Å². The first-order valence-corrected chi connectivity index (χ1v) is 7.24. The Balaban J connectivity index is 3.20. The number of hydrogen-bond acceptors (Lipinski definition) is 4. The summed E-state index contributed by atoms with van der Waals surface area (Å²) in [4.78, 5) is 11.1. The summed E-state index contributed by atoms with van der Waals surface area (Å²) in [5, 5.41) is 2.43. The molecule has 106 valence electrons. The molecule has 19 heavy (non-hydrogen) atoms. The number of nitrogens with two attached hydrogens (primary N) is 1. The normalized spacial score (nSPS) is 11.6. The van der Waals surface area contributed by atoms with Crippen LogP contribution in [0.25, 0.3) is 0 Å². The Kier molecular flexibility index (Phi) is 4.78. The van der Waals surface area contributed by atoms with Gasteiger partial charge in [-0.3, -0.25) is 4.79 Å². The third kappa shape index (κ3) is 3.37. The van der Waals surface area contributed by atoms with E-state index in [1.807, 2.05) is 0 Å². The molecule has 0 aliphatic heterocycles. The molecule has 1 rings (SSSR count). The van der Waals surface area contributed by atoms with E-state index in [1.54, 1.807) is 6.92 Å². The van der Waals surface area contributed by atoms with Crippen LogP contribution in [0.4, 0.5) is 5.69 Å². The van der Waals surface area contributed by atoms with Crippen LogP contribution < -0.4 is 11.1 Å². The minimum atomic E-state index is -3.85. The second-order valence-corrected chi connectivity index (χ2v) is 6.49. The van der Waals surface area contributed by atoms with Gasteiger partial charge < -0.3 is 11.1 Å². The van der Waals surface area contributed by atoms with E-state index in [2.05, 4.69) is 5.32 Å². The number of benzene rings is 1. The summed E-state index contributed by atoms with van der Waals surface area (Å²) < 4.78 is 25.5. The number of nitrogens with zero attached hydrogens (tertiary/aromatic N) is 1. The van der Waals surface area contributed by atoms with Crippen molar-refractivity contribution in [2.24, 2.45) is 0 Å². The topological polar surface area (TPSA) is 92.5 Å². The van der Waals surface area contributed by atoms with Gasteiger partial charge in [-0.2, -0.15) is 4.31 Å². The number of carbonyl (C=O) groups excluding carboxylic acids is 1. The van der Waals surface area contributed by atoms with Gasteiger partial charge in [-0.05, 0) is 24.6 Å². The summed E-state index contributed by atoms with van der Waals surface area (Å²) in [7, 11) is -1.12. The van der Waals surface area contributed by atoms with Crippen molar-refractivity contribution >= 4 is 33.2 Å². The van der Waals surface area contributed by atoms with E-state index in [0.29, 0.717) is 11.3 Å². The number of amides is 1. The van der Waals surface area contributed by atoms with Gasteiger partial charge in [0.1, 0.15) is 4.90 Å². The number of hydrogen-bond donors (Lipinski definition) is 2. The van der Waals surface area contributed by atoms with Crippen molar-refractivity contribution in [3.05, 3.63) is 22.7 Å². The molecule has 1 aromatic carbocycles. The molecule has 0 aliphatic carbocycles. The van der Waals surface area contributed by atoms with Crippen molar-refractivity contribution in [1.29, 1.82) is 0 Å². The molecule has 0 spiro atoms. The first-order valence-electron chi connectivity index (χ1n) is 5.42. The number of rotatable bonds is 4. The Morgan fingerprint density at radius 1 is 1.47 bits per heavy atom. The van der Waals surface area contributed by atoms with E-state index >= 15 is 0 Å². The lowest BCUT2D eigenvalue weighted by Gasteiger charge is -2.18. The SMILES string of the molecule is CNC(=O)CN(C)S(=O)(=O)c1cc(N)c(C)cc1Cl. The molecule has 0 atom stereocenters. The van der Waals surface area contributed by atoms with E-state index in [0.717, 1.165) is 4.31 Å². The number of sulfonamides is 1. The molecule has 0 aliphatic rings. The minimum absolute atomic E-state index is 0.0791. The van der Waals surface area contributed by atoms with Crippen LogP contribution in [0.1, 0.15) is 5.56 Å². The molecule has 1 aromatic rings. The van der Waals surface area contributed by atoms with Gasteiger partial charge >= 0.3 is 0 Å². The Morgan fingerprint density at radius 2 is 2.05 bits per heavy atom. The van der Waals surface area contributed by atoms with Crippen molar-refractivity contribution < 1.29 is 13.2 Å². The largest absolute Gasteiger partial charge is 0.398 e. The lowest BCUT2D eigenvalue weighted by molar-refractivity contribution is -0.120. The summed E-state index contributed by atoms with van der Waals surface area (Å²) in [6.45, 7) is 1.44. The summed E-state index contributed by atoms with van der Waals surface area (Å²) >= 11 is 5.94. The Bertz CT molecular complexity index is 601. The third-order valence-corrected chi connectivity index (χ3v) is 4.92. The molecule has 8 heteroatoms. The smallest absolute Gasteiger partial charge is 0.244 e. The first kappa shape index (κ1) is 15.7. The second kappa shape index (κ2) is 5.77. The molecule has 0 bridgehead atoms. The summed E-state index contributed by atoms with van der Waals surface area (Å²) in [5.41, 5.74) is 6.72. The standard InChI is InChI=1S/C11H16ClN3O3S/c1-7-4-8(12)10(5-9(7)13)19(17,18)15(3)6-11(16)14-2/h4-5H,6,13H2,1-3H3,(H,14,16). The average molecular weight is 306 g/mol. The van der Waals surface area contributed by atoms with Gasteiger partial charge in [0.15, 0.2) is 0 Å². The van der Waals surface area contributed by atoms with Gasteiger partial charge in [0.25, 0.3) is 0 Å². The van der Waals surface area contributed by atoms with E-state index in [4.69, 9.17) is 17.3 Å². The Labute approximate surface area is 117 Å². The summed E-state index contributed by atoms with van der Waals surface area (Å²) in [5.74, 6) is -0.415. The molecule has 0 radical (unpaired) electrons. The number of carbonyl (C=O) groups is 1. The maximum absolute atomic E-state index is 12.3. The molecule has 0 aromatic heterocycles. The molecule has 3 N–H and O–H groups in total. The van der Waals surface area contributed by atoms with Crippen LogP contribution >= 0.6 is 11.6 Å². The summed E-state index contributed by atoms with van der Waals surface area (Å²) in [6.07, 6.45) is 0. The van der Waals surface area contributed by atoms with Gasteiger partial charge in [0, 0.05) is 19.8 Å². The molecular weight excluding hydrogens is 290 g/mol. The van der Waals surface area contributed by atoms with E-state index in [9.17, 15) is 13.2 Å². The maximum Gasteiger partial charge on any atom is 0.244 e. The molecule has 0 heterocycles. The van der Waals surface area contributed by atoms with Gasteiger partial charge in [-0.1, -0.05) is 11.6 Å². The number of anilines is 1. The van der Waals surface area contributed by atoms with Crippen molar-refractivity contribution in [2.45, 2.75) is 11.8 Å². The molecular formula is C11H16ClN3O3S. The van der Waals surface area contributed by atoms with Crippen LogP contribution in [0.15, 0.2) is 17.0 Å². The average Bonchev–Trinajstić information content (AvgIpc) is 2.33. The molecule has 0 saturated heterocycles. The zero-order chi connectivity index (χ0) is 14.8. The molecule has 1 amide bonds. The van der Waals surface area contributed by atoms with Gasteiger partial charge in [-0.15, -0.1) is 0 Å². The lowest BCUT2D eigenvalue weighted by atomic mass is 10.2. The first-order chi connectivity index (χ1) is 8.70. The van der Waals surface area contributed by atoms with Gasteiger partial charge in [-0.25, -0.2) is 8.42 Å². The third-order valence-electron chi connectivity index (χ3n) is 2.65. The number of nitrogen functional groups attached to an aromatic ring is 1. The zero-order valence-electron chi connectivity index (χ0n) is 10.9. The number of halogens is 1. The second-order valence-electron chi connectivity index (χ2n) is 4.07. The van der Waals surface area contributed by atoms with Crippen LogP contribution in [0.3, 0.4) is 0 Å². The van der Waals surface area contributed by atoms with E-state index in [-0.39, 0.29) is 16.5 Å². The van der Waals surface area contributed by atoms with Crippen molar-refractivity contribution in [3.63, 3.8) is 0 Å². The molecule has 0 fully saturated rings. The van der Waals surface area contributed by atoms with Crippen LogP contribution in [-0.2, 0) is 14.8 Å². The Hall–Kier alpha value is -1.31.